The zero-order chi connectivity index (χ0) is 14.1. The molecule has 0 N–H and O–H groups in total. The molecule has 0 aromatic heterocycles. The Morgan fingerprint density at radius 1 is 0.556 bits per heavy atom. The number of hydrogen-bond acceptors (Lipinski definition) is 4. The van der Waals surface area contributed by atoms with Crippen molar-refractivity contribution < 1.29 is 16.8 Å². The van der Waals surface area contributed by atoms with Crippen LogP contribution in [0, 0.1) is 0 Å². The standard InChI is InChI=1S/C12H26O4S2/c1-3-5-9-17(13,14)11-7-8-12-18(15,16)10-6-4-2/h3-12H2,1-2H3. The van der Waals surface area contributed by atoms with Gasteiger partial charge in [0.25, 0.3) is 0 Å². The third-order valence-electron chi connectivity index (χ3n) is 2.78. The van der Waals surface area contributed by atoms with Crippen LogP contribution >= 0.6 is 0 Å². The first-order valence-corrected chi connectivity index (χ1v) is 10.4. The molecule has 4 nitrogen and oxygen atoms in total. The van der Waals surface area contributed by atoms with E-state index in [4.69, 9.17) is 0 Å². The van der Waals surface area contributed by atoms with Crippen molar-refractivity contribution >= 4 is 19.7 Å². The second-order valence-corrected chi connectivity index (χ2v) is 9.33. The predicted octanol–water partition coefficient (Wildman–Crippen LogP) is 2.20. The summed E-state index contributed by atoms with van der Waals surface area (Å²) in [4.78, 5) is 0. The Morgan fingerprint density at radius 2 is 0.833 bits per heavy atom. The van der Waals surface area contributed by atoms with Gasteiger partial charge in [0, 0.05) is 0 Å². The summed E-state index contributed by atoms with van der Waals surface area (Å²) in [5.41, 5.74) is 0. The highest BCUT2D eigenvalue weighted by molar-refractivity contribution is 7.91. The number of rotatable bonds is 11. The van der Waals surface area contributed by atoms with Gasteiger partial charge in [0.1, 0.15) is 19.7 Å². The molecule has 110 valence electrons. The first-order valence-electron chi connectivity index (χ1n) is 6.74. The molecule has 0 radical (unpaired) electrons. The maximum atomic E-state index is 11.5. The van der Waals surface area contributed by atoms with E-state index in [9.17, 15) is 16.8 Å². The Kier molecular flexibility index (Phi) is 8.86. The number of sulfone groups is 2. The summed E-state index contributed by atoms with van der Waals surface area (Å²) < 4.78 is 46.1. The molecule has 6 heteroatoms. The number of unbranched alkanes of at least 4 members (excludes halogenated alkanes) is 3. The van der Waals surface area contributed by atoms with Crippen LogP contribution in [0.3, 0.4) is 0 Å². The molecule has 18 heavy (non-hydrogen) atoms. The molecule has 0 spiro atoms. The average molecular weight is 298 g/mol. The van der Waals surface area contributed by atoms with Crippen molar-refractivity contribution in [3.8, 4) is 0 Å². The fourth-order valence-electron chi connectivity index (χ4n) is 1.58. The molecule has 0 fully saturated rings. The second kappa shape index (κ2) is 8.91. The largest absolute Gasteiger partial charge is 0.229 e. The maximum absolute atomic E-state index is 11.5. The van der Waals surface area contributed by atoms with Gasteiger partial charge in [0.05, 0.1) is 23.0 Å². The topological polar surface area (TPSA) is 68.3 Å². The normalized spacial score (nSPS) is 12.8. The summed E-state index contributed by atoms with van der Waals surface area (Å²) in [5, 5.41) is 0. The quantitative estimate of drug-likeness (QED) is 0.548. The van der Waals surface area contributed by atoms with Gasteiger partial charge in [-0.15, -0.1) is 0 Å². The van der Waals surface area contributed by atoms with Crippen molar-refractivity contribution in [1.82, 2.24) is 0 Å². The van der Waals surface area contributed by atoms with Gasteiger partial charge in [-0.1, -0.05) is 26.7 Å². The summed E-state index contributed by atoms with van der Waals surface area (Å²) in [6, 6.07) is 0. The third kappa shape index (κ3) is 9.88. The van der Waals surface area contributed by atoms with Gasteiger partial charge in [0.15, 0.2) is 0 Å². The van der Waals surface area contributed by atoms with Gasteiger partial charge in [-0.25, -0.2) is 16.8 Å². The average Bonchev–Trinajstić information content (AvgIpc) is 2.30. The lowest BCUT2D eigenvalue weighted by Crippen LogP contribution is -2.14. The molecule has 0 saturated carbocycles. The van der Waals surface area contributed by atoms with Gasteiger partial charge in [0.2, 0.25) is 0 Å². The highest BCUT2D eigenvalue weighted by Crippen LogP contribution is 2.05. The molecular weight excluding hydrogens is 272 g/mol. The van der Waals surface area contributed by atoms with Crippen LogP contribution in [0.1, 0.15) is 52.4 Å². The Bertz CT molecular complexity index is 356. The number of hydrogen-bond donors (Lipinski definition) is 0. The highest BCUT2D eigenvalue weighted by atomic mass is 32.2. The van der Waals surface area contributed by atoms with Crippen molar-refractivity contribution in [3.63, 3.8) is 0 Å². The minimum Gasteiger partial charge on any atom is -0.229 e. The molecule has 0 amide bonds. The molecule has 0 aliphatic heterocycles. The molecule has 0 heterocycles. The van der Waals surface area contributed by atoms with E-state index in [1.165, 1.54) is 0 Å². The Morgan fingerprint density at radius 3 is 1.11 bits per heavy atom. The Labute approximate surface area is 112 Å². The third-order valence-corrected chi connectivity index (χ3v) is 6.42. The van der Waals surface area contributed by atoms with E-state index in [1.54, 1.807) is 0 Å². The van der Waals surface area contributed by atoms with E-state index >= 15 is 0 Å². The van der Waals surface area contributed by atoms with Crippen LogP contribution in [-0.4, -0.2) is 39.8 Å². The molecule has 0 saturated heterocycles. The van der Waals surface area contributed by atoms with Gasteiger partial charge in [-0.2, -0.15) is 0 Å². The fraction of sp³-hybridized carbons (Fsp3) is 1.00. The van der Waals surface area contributed by atoms with Crippen molar-refractivity contribution in [2.75, 3.05) is 23.0 Å². The van der Waals surface area contributed by atoms with Crippen LogP contribution in [-0.2, 0) is 19.7 Å². The van der Waals surface area contributed by atoms with Crippen molar-refractivity contribution in [2.45, 2.75) is 52.4 Å². The molecule has 0 aromatic carbocycles. The SMILES string of the molecule is CCCCS(=O)(=O)CCCCS(=O)(=O)CCCC. The van der Waals surface area contributed by atoms with Crippen LogP contribution in [0.4, 0.5) is 0 Å². The highest BCUT2D eigenvalue weighted by Gasteiger charge is 2.12. The Hall–Kier alpha value is -0.100. The van der Waals surface area contributed by atoms with Crippen molar-refractivity contribution in [1.29, 1.82) is 0 Å². The molecule has 0 aliphatic rings. The van der Waals surface area contributed by atoms with E-state index in [-0.39, 0.29) is 23.0 Å². The minimum absolute atomic E-state index is 0.121. The zero-order valence-electron chi connectivity index (χ0n) is 11.5. The van der Waals surface area contributed by atoms with Crippen LogP contribution in [0.25, 0.3) is 0 Å². The lowest BCUT2D eigenvalue weighted by atomic mass is 10.4. The van der Waals surface area contributed by atoms with Gasteiger partial charge < -0.3 is 0 Å². The smallest absolute Gasteiger partial charge is 0.150 e. The van der Waals surface area contributed by atoms with Crippen LogP contribution in [0.15, 0.2) is 0 Å². The molecule has 0 bridgehead atoms. The molecule has 0 aromatic rings. The zero-order valence-corrected chi connectivity index (χ0v) is 13.2. The van der Waals surface area contributed by atoms with Gasteiger partial charge >= 0.3 is 0 Å². The maximum Gasteiger partial charge on any atom is 0.150 e. The lowest BCUT2D eigenvalue weighted by molar-refractivity contribution is 0.582. The summed E-state index contributed by atoms with van der Waals surface area (Å²) in [5.74, 6) is 0.699. The summed E-state index contributed by atoms with van der Waals surface area (Å²) in [7, 11) is -5.95. The van der Waals surface area contributed by atoms with Crippen LogP contribution < -0.4 is 0 Å². The van der Waals surface area contributed by atoms with E-state index in [0.29, 0.717) is 25.7 Å². The molecule has 0 aliphatic carbocycles. The van der Waals surface area contributed by atoms with Crippen molar-refractivity contribution in [2.24, 2.45) is 0 Å². The lowest BCUT2D eigenvalue weighted by Gasteiger charge is -2.05. The first-order chi connectivity index (χ1) is 8.33. The van der Waals surface area contributed by atoms with Gasteiger partial charge in [-0.05, 0) is 25.7 Å². The van der Waals surface area contributed by atoms with Crippen molar-refractivity contribution in [3.05, 3.63) is 0 Å². The first kappa shape index (κ1) is 17.9. The van der Waals surface area contributed by atoms with Crippen LogP contribution in [0.2, 0.25) is 0 Å². The monoisotopic (exact) mass is 298 g/mol. The second-order valence-electron chi connectivity index (χ2n) is 4.72. The molecule has 0 rings (SSSR count). The van der Waals surface area contributed by atoms with Gasteiger partial charge in [-0.3, -0.25) is 0 Å². The van der Waals surface area contributed by atoms with E-state index < -0.39 is 19.7 Å². The van der Waals surface area contributed by atoms with E-state index in [0.717, 1.165) is 12.8 Å². The summed E-state index contributed by atoms with van der Waals surface area (Å²) in [6.45, 7) is 3.91. The van der Waals surface area contributed by atoms with E-state index in [2.05, 4.69) is 0 Å². The van der Waals surface area contributed by atoms with E-state index in [1.807, 2.05) is 13.8 Å². The fourth-order valence-corrected chi connectivity index (χ4v) is 4.73. The summed E-state index contributed by atoms with van der Waals surface area (Å²) in [6.07, 6.45) is 4.03. The summed E-state index contributed by atoms with van der Waals surface area (Å²) >= 11 is 0. The van der Waals surface area contributed by atoms with Crippen LogP contribution in [0.5, 0.6) is 0 Å². The predicted molar refractivity (Wildman–Crippen MR) is 76.4 cm³/mol. The molecular formula is C12H26O4S2. The minimum atomic E-state index is -2.97. The molecule has 0 unspecified atom stereocenters. The Balaban J connectivity index is 3.86. The molecule has 0 atom stereocenters.